The van der Waals surface area contributed by atoms with E-state index in [0.717, 1.165) is 18.2 Å². The Morgan fingerprint density at radius 2 is 1.86 bits per heavy atom. The summed E-state index contributed by atoms with van der Waals surface area (Å²) in [4.78, 5) is 0. The van der Waals surface area contributed by atoms with Gasteiger partial charge in [0.1, 0.15) is 0 Å². The average Bonchev–Trinajstić information content (AvgIpc) is 1.61. The van der Waals surface area contributed by atoms with Crippen molar-refractivity contribution >= 4 is 39.0 Å². The van der Waals surface area contributed by atoms with Crippen molar-refractivity contribution in [2.75, 3.05) is 11.9 Å². The molecule has 3 heteroatoms. The van der Waals surface area contributed by atoms with Gasteiger partial charge in [-0.05, 0) is 12.8 Å². The van der Waals surface area contributed by atoms with Gasteiger partial charge in [-0.3, -0.25) is 0 Å². The van der Waals surface area contributed by atoms with Crippen LogP contribution in [0.3, 0.4) is 0 Å². The summed E-state index contributed by atoms with van der Waals surface area (Å²) in [5.41, 5.74) is 0. The van der Waals surface area contributed by atoms with Gasteiger partial charge in [-0.1, -0.05) is 15.9 Å². The van der Waals surface area contributed by atoms with Gasteiger partial charge in [0.25, 0.3) is 0 Å². The minimum Gasteiger partial charge on any atom is -0.396 e. The van der Waals surface area contributed by atoms with E-state index in [0.29, 0.717) is 6.61 Å². The molecular formula is C4H11BrMgO. The Labute approximate surface area is 68.8 Å². The average molecular weight is 179 g/mol. The van der Waals surface area contributed by atoms with Gasteiger partial charge in [-0.15, -0.1) is 0 Å². The maximum Gasteiger partial charge on any atom is 0.316 e. The van der Waals surface area contributed by atoms with Crippen LogP contribution in [0.15, 0.2) is 0 Å². The lowest BCUT2D eigenvalue weighted by Crippen LogP contribution is -1.80. The Bertz CT molecular complexity index is 23.7. The van der Waals surface area contributed by atoms with Crippen molar-refractivity contribution in [2.45, 2.75) is 12.8 Å². The molecule has 0 aliphatic heterocycles. The predicted octanol–water partition coefficient (Wildman–Crippen LogP) is 0.238. The number of rotatable bonds is 3. The zero-order chi connectivity index (χ0) is 4.83. The molecule has 42 valence electrons. The van der Waals surface area contributed by atoms with E-state index in [1.165, 1.54) is 0 Å². The summed E-state index contributed by atoms with van der Waals surface area (Å²) in [5.74, 6) is 0. The van der Waals surface area contributed by atoms with Crippen LogP contribution in [0.4, 0.5) is 0 Å². The summed E-state index contributed by atoms with van der Waals surface area (Å²) in [7, 11) is 0. The molecule has 0 radical (unpaired) electrons. The summed E-state index contributed by atoms with van der Waals surface area (Å²) in [6, 6.07) is 0. The smallest absolute Gasteiger partial charge is 0.316 e. The predicted molar refractivity (Wildman–Crippen MR) is 38.7 cm³/mol. The molecule has 0 aromatic carbocycles. The molecule has 1 nitrogen and oxygen atoms in total. The fourth-order valence-corrected chi connectivity index (χ4v) is 0.603. The van der Waals surface area contributed by atoms with Crippen LogP contribution in [0.2, 0.25) is 0 Å². The third-order valence-corrected chi connectivity index (χ3v) is 1.10. The highest BCUT2D eigenvalue weighted by molar-refractivity contribution is 9.09. The van der Waals surface area contributed by atoms with Crippen LogP contribution in [0, 0.1) is 0 Å². The molecule has 0 aromatic heterocycles. The van der Waals surface area contributed by atoms with Gasteiger partial charge in [0, 0.05) is 11.9 Å². The highest BCUT2D eigenvalue weighted by atomic mass is 79.9. The first-order valence-corrected chi connectivity index (χ1v) is 3.20. The molecule has 0 saturated carbocycles. The topological polar surface area (TPSA) is 20.2 Å². The van der Waals surface area contributed by atoms with E-state index < -0.39 is 0 Å². The molecule has 0 aliphatic rings. The van der Waals surface area contributed by atoms with E-state index in [1.807, 2.05) is 0 Å². The third-order valence-electron chi connectivity index (χ3n) is 0.542. The first kappa shape index (κ1) is 11.1. The van der Waals surface area contributed by atoms with Crippen LogP contribution < -0.4 is 0 Å². The van der Waals surface area contributed by atoms with E-state index in [2.05, 4.69) is 15.9 Å². The zero-order valence-electron chi connectivity index (χ0n) is 3.65. The van der Waals surface area contributed by atoms with Gasteiger partial charge >= 0.3 is 23.1 Å². The van der Waals surface area contributed by atoms with E-state index in [4.69, 9.17) is 5.11 Å². The maximum absolute atomic E-state index is 8.18. The molecule has 1 N–H and O–H groups in total. The molecule has 0 aromatic rings. The standard InChI is InChI=1S/C4H9BrO.Mg.2H/c5-3-1-2-4-6;;;/h6H,1-4H2;;;. The number of hydrogen-bond acceptors (Lipinski definition) is 1. The van der Waals surface area contributed by atoms with Gasteiger partial charge in [0.15, 0.2) is 0 Å². The Kier molecular flexibility index (Phi) is 16.2. The van der Waals surface area contributed by atoms with Crippen molar-refractivity contribution in [3.63, 3.8) is 0 Å². The lowest BCUT2D eigenvalue weighted by molar-refractivity contribution is 0.287. The second-order valence-corrected chi connectivity index (χ2v) is 1.91. The van der Waals surface area contributed by atoms with Crippen molar-refractivity contribution in [3.8, 4) is 0 Å². The van der Waals surface area contributed by atoms with Crippen molar-refractivity contribution in [3.05, 3.63) is 0 Å². The first-order valence-electron chi connectivity index (χ1n) is 2.08. The maximum atomic E-state index is 8.18. The number of alkyl halides is 1. The van der Waals surface area contributed by atoms with E-state index >= 15 is 0 Å². The highest BCUT2D eigenvalue weighted by Crippen LogP contribution is 1.90. The van der Waals surface area contributed by atoms with Crippen LogP contribution in [0.25, 0.3) is 0 Å². The normalized spacial score (nSPS) is 7.71. The molecule has 0 fully saturated rings. The van der Waals surface area contributed by atoms with Crippen LogP contribution in [0.1, 0.15) is 12.8 Å². The van der Waals surface area contributed by atoms with Gasteiger partial charge in [0.2, 0.25) is 0 Å². The number of unbranched alkanes of at least 4 members (excludes halogenated alkanes) is 1. The van der Waals surface area contributed by atoms with Crippen molar-refractivity contribution < 1.29 is 5.11 Å². The molecule has 0 saturated heterocycles. The number of hydrogen-bond donors (Lipinski definition) is 1. The Morgan fingerprint density at radius 3 is 2.00 bits per heavy atom. The minimum absolute atomic E-state index is 0. The van der Waals surface area contributed by atoms with Crippen LogP contribution in [-0.2, 0) is 0 Å². The third kappa shape index (κ3) is 11.0. The highest BCUT2D eigenvalue weighted by Gasteiger charge is 1.77. The molecule has 0 amide bonds. The summed E-state index contributed by atoms with van der Waals surface area (Å²) >= 11 is 3.24. The molecule has 0 unspecified atom stereocenters. The van der Waals surface area contributed by atoms with Crippen LogP contribution >= 0.6 is 15.9 Å². The second kappa shape index (κ2) is 10.2. The Morgan fingerprint density at radius 1 is 1.29 bits per heavy atom. The summed E-state index contributed by atoms with van der Waals surface area (Å²) in [5, 5.41) is 9.18. The first-order chi connectivity index (χ1) is 2.91. The summed E-state index contributed by atoms with van der Waals surface area (Å²) in [6.45, 7) is 0.325. The fourth-order valence-electron chi connectivity index (χ4n) is 0.206. The van der Waals surface area contributed by atoms with Crippen molar-refractivity contribution in [2.24, 2.45) is 0 Å². The number of aliphatic hydroxyl groups excluding tert-OH is 1. The molecule has 0 bridgehead atoms. The molecule has 0 rings (SSSR count). The van der Waals surface area contributed by atoms with Crippen molar-refractivity contribution in [1.29, 1.82) is 0 Å². The molecule has 0 atom stereocenters. The Balaban J connectivity index is 0. The fraction of sp³-hybridized carbons (Fsp3) is 1.00. The van der Waals surface area contributed by atoms with E-state index in [9.17, 15) is 0 Å². The molecular weight excluding hydrogens is 168 g/mol. The monoisotopic (exact) mass is 178 g/mol. The number of aliphatic hydroxyl groups is 1. The van der Waals surface area contributed by atoms with E-state index in [1.54, 1.807) is 0 Å². The van der Waals surface area contributed by atoms with Gasteiger partial charge in [0.05, 0.1) is 0 Å². The molecule has 0 aliphatic carbocycles. The summed E-state index contributed by atoms with van der Waals surface area (Å²) < 4.78 is 0. The lowest BCUT2D eigenvalue weighted by atomic mass is 10.4. The molecule has 0 spiro atoms. The van der Waals surface area contributed by atoms with Crippen molar-refractivity contribution in [1.82, 2.24) is 0 Å². The van der Waals surface area contributed by atoms with Gasteiger partial charge in [-0.2, -0.15) is 0 Å². The van der Waals surface area contributed by atoms with E-state index in [-0.39, 0.29) is 23.1 Å². The molecule has 7 heavy (non-hydrogen) atoms. The van der Waals surface area contributed by atoms with Gasteiger partial charge in [-0.25, -0.2) is 0 Å². The molecule has 0 heterocycles. The largest absolute Gasteiger partial charge is 0.396 e. The van der Waals surface area contributed by atoms with Gasteiger partial charge < -0.3 is 5.11 Å². The second-order valence-electron chi connectivity index (χ2n) is 1.12. The number of halogens is 1. The lowest BCUT2D eigenvalue weighted by Gasteiger charge is -1.84. The summed E-state index contributed by atoms with van der Waals surface area (Å²) in [6.07, 6.45) is 2.00. The minimum atomic E-state index is 0. The van der Waals surface area contributed by atoms with Crippen LogP contribution in [-0.4, -0.2) is 40.1 Å². The zero-order valence-corrected chi connectivity index (χ0v) is 5.24. The Hall–Kier alpha value is 1.21. The van der Waals surface area contributed by atoms with Crippen LogP contribution in [0.5, 0.6) is 0 Å². The quantitative estimate of drug-likeness (QED) is 0.374. The SMILES string of the molecule is OCCCCBr.[MgH2].